The SMILES string of the molecule is CCCCCCCCCCCCOC(=O)CCCCC(=O)OCC(Cl)Cl. The summed E-state index contributed by atoms with van der Waals surface area (Å²) in [5, 5.41) is 0. The summed E-state index contributed by atoms with van der Waals surface area (Å²) in [7, 11) is 0. The number of hydrogen-bond donors (Lipinski definition) is 0. The Morgan fingerprint density at radius 3 is 1.65 bits per heavy atom. The Balaban J connectivity index is 3.28. The second-order valence-electron chi connectivity index (χ2n) is 6.68. The van der Waals surface area contributed by atoms with Gasteiger partial charge in [-0.15, -0.1) is 23.2 Å². The van der Waals surface area contributed by atoms with E-state index in [9.17, 15) is 9.59 Å². The molecule has 0 rings (SSSR count). The molecule has 0 N–H and O–H groups in total. The van der Waals surface area contributed by atoms with Crippen molar-refractivity contribution in [2.75, 3.05) is 13.2 Å². The van der Waals surface area contributed by atoms with Gasteiger partial charge >= 0.3 is 11.9 Å². The molecule has 0 aliphatic carbocycles. The summed E-state index contributed by atoms with van der Waals surface area (Å²) in [5.74, 6) is -0.522. The third-order valence-corrected chi connectivity index (χ3v) is 4.40. The zero-order chi connectivity index (χ0) is 19.5. The number of carbonyl (C=O) groups excluding carboxylic acids is 2. The lowest BCUT2D eigenvalue weighted by atomic mass is 10.1. The van der Waals surface area contributed by atoms with E-state index in [0.717, 1.165) is 12.8 Å². The fourth-order valence-corrected chi connectivity index (χ4v) is 2.74. The topological polar surface area (TPSA) is 52.6 Å². The van der Waals surface area contributed by atoms with E-state index in [1.54, 1.807) is 0 Å². The predicted octanol–water partition coefficient (Wildman–Crippen LogP) is 6.36. The molecule has 4 nitrogen and oxygen atoms in total. The molecule has 6 heteroatoms. The Morgan fingerprint density at radius 1 is 0.692 bits per heavy atom. The Labute approximate surface area is 169 Å². The number of ether oxygens (including phenoxy) is 2. The quantitative estimate of drug-likeness (QED) is 0.150. The van der Waals surface area contributed by atoms with E-state index >= 15 is 0 Å². The molecule has 0 amide bonds. The summed E-state index contributed by atoms with van der Waals surface area (Å²) in [6.45, 7) is 2.75. The molecule has 0 aliphatic rings. The van der Waals surface area contributed by atoms with E-state index < -0.39 is 4.84 Å². The van der Waals surface area contributed by atoms with Crippen molar-refractivity contribution in [3.8, 4) is 0 Å². The number of esters is 2. The number of halogens is 2. The first-order chi connectivity index (χ1) is 12.6. The molecule has 0 saturated carbocycles. The van der Waals surface area contributed by atoms with Crippen LogP contribution in [0.2, 0.25) is 0 Å². The molecule has 0 unspecified atom stereocenters. The minimum absolute atomic E-state index is 0.00282. The molecular weight excluding hydrogens is 375 g/mol. The van der Waals surface area contributed by atoms with Crippen molar-refractivity contribution in [2.45, 2.75) is 102 Å². The van der Waals surface area contributed by atoms with Crippen LogP contribution in [0.1, 0.15) is 96.8 Å². The van der Waals surface area contributed by atoms with E-state index in [1.807, 2.05) is 0 Å². The third kappa shape index (κ3) is 19.8. The Hall–Kier alpha value is -0.480. The third-order valence-electron chi connectivity index (χ3n) is 4.14. The fraction of sp³-hybridized carbons (Fsp3) is 0.900. The molecule has 0 atom stereocenters. The molecule has 0 aromatic rings. The van der Waals surface area contributed by atoms with Gasteiger partial charge in [-0.05, 0) is 19.3 Å². The second-order valence-corrected chi connectivity index (χ2v) is 7.96. The van der Waals surface area contributed by atoms with Crippen molar-refractivity contribution in [2.24, 2.45) is 0 Å². The van der Waals surface area contributed by atoms with Gasteiger partial charge in [0, 0.05) is 12.8 Å². The minimum Gasteiger partial charge on any atom is -0.466 e. The average molecular weight is 411 g/mol. The van der Waals surface area contributed by atoms with Crippen LogP contribution in [0.15, 0.2) is 0 Å². The molecule has 0 bridgehead atoms. The molecule has 0 aromatic heterocycles. The van der Waals surface area contributed by atoms with Crippen LogP contribution in [-0.2, 0) is 19.1 Å². The van der Waals surface area contributed by atoms with Gasteiger partial charge in [0.2, 0.25) is 0 Å². The zero-order valence-corrected chi connectivity index (χ0v) is 17.8. The first kappa shape index (κ1) is 25.5. The van der Waals surface area contributed by atoms with Crippen molar-refractivity contribution in [1.29, 1.82) is 0 Å². The van der Waals surface area contributed by atoms with Crippen molar-refractivity contribution in [3.63, 3.8) is 0 Å². The summed E-state index contributed by atoms with van der Waals surface area (Å²) in [5.41, 5.74) is 0. The lowest BCUT2D eigenvalue weighted by Gasteiger charge is -2.06. The van der Waals surface area contributed by atoms with Gasteiger partial charge in [0.1, 0.15) is 11.4 Å². The largest absolute Gasteiger partial charge is 0.466 e. The van der Waals surface area contributed by atoms with Crippen molar-refractivity contribution in [1.82, 2.24) is 0 Å². The highest BCUT2D eigenvalue weighted by Crippen LogP contribution is 2.11. The lowest BCUT2D eigenvalue weighted by molar-refractivity contribution is -0.145. The Kier molecular flexibility index (Phi) is 18.9. The van der Waals surface area contributed by atoms with Gasteiger partial charge in [0.05, 0.1) is 6.61 Å². The minimum atomic E-state index is -0.695. The normalized spacial score (nSPS) is 10.9. The van der Waals surface area contributed by atoms with Crippen LogP contribution >= 0.6 is 23.2 Å². The maximum atomic E-state index is 11.6. The van der Waals surface area contributed by atoms with E-state index in [1.165, 1.54) is 51.4 Å². The summed E-state index contributed by atoms with van der Waals surface area (Å²) >= 11 is 10.9. The molecule has 0 radical (unpaired) electrons. The van der Waals surface area contributed by atoms with Crippen LogP contribution in [0.25, 0.3) is 0 Å². The smallest absolute Gasteiger partial charge is 0.305 e. The molecule has 26 heavy (non-hydrogen) atoms. The molecule has 0 aliphatic heterocycles. The van der Waals surface area contributed by atoms with Crippen molar-refractivity contribution in [3.05, 3.63) is 0 Å². The second kappa shape index (κ2) is 19.3. The van der Waals surface area contributed by atoms with Gasteiger partial charge < -0.3 is 9.47 Å². The van der Waals surface area contributed by atoms with E-state index in [4.69, 9.17) is 32.7 Å². The van der Waals surface area contributed by atoms with Crippen LogP contribution in [0.4, 0.5) is 0 Å². The maximum absolute atomic E-state index is 11.6. The molecule has 0 aromatic carbocycles. The number of rotatable bonds is 18. The van der Waals surface area contributed by atoms with Gasteiger partial charge in [-0.3, -0.25) is 9.59 Å². The maximum Gasteiger partial charge on any atom is 0.305 e. The van der Waals surface area contributed by atoms with Crippen LogP contribution in [0, 0.1) is 0 Å². The number of carbonyl (C=O) groups is 2. The average Bonchev–Trinajstić information content (AvgIpc) is 2.61. The van der Waals surface area contributed by atoms with Crippen LogP contribution < -0.4 is 0 Å². The van der Waals surface area contributed by atoms with Crippen molar-refractivity contribution >= 4 is 35.1 Å². The number of unbranched alkanes of at least 4 members (excludes halogenated alkanes) is 10. The summed E-state index contributed by atoms with van der Waals surface area (Å²) in [6.07, 6.45) is 14.5. The molecule has 154 valence electrons. The molecule has 0 fully saturated rings. The molecule has 0 heterocycles. The first-order valence-corrected chi connectivity index (χ1v) is 11.0. The van der Waals surface area contributed by atoms with Gasteiger partial charge in [-0.25, -0.2) is 0 Å². The highest BCUT2D eigenvalue weighted by molar-refractivity contribution is 6.44. The highest BCUT2D eigenvalue weighted by atomic mass is 35.5. The number of hydrogen-bond acceptors (Lipinski definition) is 4. The van der Waals surface area contributed by atoms with E-state index in [0.29, 0.717) is 25.9 Å². The number of alkyl halides is 2. The van der Waals surface area contributed by atoms with Gasteiger partial charge in [0.15, 0.2) is 0 Å². The standard InChI is InChI=1S/C20H36Cl2O4/c1-2-3-4-5-6-7-8-9-10-13-16-25-19(23)14-11-12-15-20(24)26-17-18(21)22/h18H,2-17H2,1H3. The van der Waals surface area contributed by atoms with Gasteiger partial charge in [-0.1, -0.05) is 64.7 Å². The monoisotopic (exact) mass is 410 g/mol. The van der Waals surface area contributed by atoms with Crippen LogP contribution in [0.3, 0.4) is 0 Å². The summed E-state index contributed by atoms with van der Waals surface area (Å²) in [6, 6.07) is 0. The molecular formula is C20H36Cl2O4. The summed E-state index contributed by atoms with van der Waals surface area (Å²) in [4.78, 5) is 22.2. The van der Waals surface area contributed by atoms with Crippen molar-refractivity contribution < 1.29 is 19.1 Å². The summed E-state index contributed by atoms with van der Waals surface area (Å²) < 4.78 is 10.0. The van der Waals surface area contributed by atoms with Crippen LogP contribution in [0.5, 0.6) is 0 Å². The van der Waals surface area contributed by atoms with Gasteiger partial charge in [-0.2, -0.15) is 0 Å². The molecule has 0 spiro atoms. The fourth-order valence-electron chi connectivity index (χ4n) is 2.61. The van der Waals surface area contributed by atoms with E-state index in [2.05, 4.69) is 6.92 Å². The Bertz CT molecular complexity index is 349. The Morgan fingerprint density at radius 2 is 1.15 bits per heavy atom. The van der Waals surface area contributed by atoms with Crippen LogP contribution in [-0.4, -0.2) is 30.0 Å². The van der Waals surface area contributed by atoms with Gasteiger partial charge in [0.25, 0.3) is 0 Å². The lowest BCUT2D eigenvalue weighted by Crippen LogP contribution is -2.10. The predicted molar refractivity (Wildman–Crippen MR) is 108 cm³/mol. The first-order valence-electron chi connectivity index (χ1n) is 10.2. The van der Waals surface area contributed by atoms with E-state index in [-0.39, 0.29) is 25.0 Å². The highest BCUT2D eigenvalue weighted by Gasteiger charge is 2.08. The zero-order valence-electron chi connectivity index (χ0n) is 16.3. The molecule has 0 saturated heterocycles.